The van der Waals surface area contributed by atoms with E-state index >= 15 is 0 Å². The van der Waals surface area contributed by atoms with Crippen molar-refractivity contribution < 1.29 is 9.59 Å². The molecule has 6 heteroatoms. The van der Waals surface area contributed by atoms with Gasteiger partial charge in [0.1, 0.15) is 0 Å². The number of thiophene rings is 1. The Bertz CT molecular complexity index is 686. The Morgan fingerprint density at radius 1 is 1.17 bits per heavy atom. The van der Waals surface area contributed by atoms with Crippen LogP contribution < -0.4 is 11.1 Å². The third-order valence-electron chi connectivity index (χ3n) is 3.67. The number of amides is 1. The Balaban J connectivity index is 0.00000288. The fourth-order valence-corrected chi connectivity index (χ4v) is 3.34. The zero-order valence-corrected chi connectivity index (χ0v) is 15.5. The molecule has 1 atom stereocenters. The first-order chi connectivity index (χ1) is 11.0. The lowest BCUT2D eigenvalue weighted by Gasteiger charge is -2.13. The van der Waals surface area contributed by atoms with Gasteiger partial charge >= 0.3 is 0 Å². The highest BCUT2D eigenvalue weighted by atomic mass is 35.5. The van der Waals surface area contributed by atoms with Gasteiger partial charge in [-0.05, 0) is 25.5 Å². The Hall–Kier alpha value is -1.69. The largest absolute Gasteiger partial charge is 0.354 e. The second-order valence-corrected chi connectivity index (χ2v) is 7.03. The van der Waals surface area contributed by atoms with Crippen molar-refractivity contribution in [3.8, 4) is 0 Å². The number of halogens is 1. The van der Waals surface area contributed by atoms with E-state index in [9.17, 15) is 9.59 Å². The average molecular weight is 367 g/mol. The molecule has 1 heterocycles. The van der Waals surface area contributed by atoms with Gasteiger partial charge in [-0.2, -0.15) is 0 Å². The van der Waals surface area contributed by atoms with E-state index in [2.05, 4.69) is 5.32 Å². The van der Waals surface area contributed by atoms with E-state index in [1.807, 2.05) is 50.2 Å². The van der Waals surface area contributed by atoms with E-state index in [0.717, 1.165) is 20.9 Å². The van der Waals surface area contributed by atoms with Crippen LogP contribution in [-0.2, 0) is 4.79 Å². The topological polar surface area (TPSA) is 72.2 Å². The Labute approximate surface area is 152 Å². The maximum absolute atomic E-state index is 12.1. The smallest absolute Gasteiger partial charge is 0.220 e. The van der Waals surface area contributed by atoms with Gasteiger partial charge in [0.15, 0.2) is 5.78 Å². The summed E-state index contributed by atoms with van der Waals surface area (Å²) >= 11 is 1.61. The molecule has 1 aromatic heterocycles. The lowest BCUT2D eigenvalue weighted by Crippen LogP contribution is -2.32. The zero-order valence-electron chi connectivity index (χ0n) is 13.9. The van der Waals surface area contributed by atoms with Gasteiger partial charge in [0.25, 0.3) is 0 Å². The molecule has 1 aromatic carbocycles. The molecule has 0 saturated heterocycles. The predicted octanol–water partition coefficient (Wildman–Crippen LogP) is 3.57. The van der Waals surface area contributed by atoms with Crippen LogP contribution in [0.15, 0.2) is 36.4 Å². The van der Waals surface area contributed by atoms with Gasteiger partial charge in [0.2, 0.25) is 5.91 Å². The fourth-order valence-electron chi connectivity index (χ4n) is 2.40. The first kappa shape index (κ1) is 20.4. The Morgan fingerprint density at radius 3 is 2.42 bits per heavy atom. The minimum atomic E-state index is -0.238. The third kappa shape index (κ3) is 5.74. The summed E-state index contributed by atoms with van der Waals surface area (Å²) in [6.07, 6.45) is 0.415. The molecule has 0 aliphatic carbocycles. The van der Waals surface area contributed by atoms with E-state index in [-0.39, 0.29) is 43.0 Å². The number of aryl methyl sites for hydroxylation is 2. The van der Waals surface area contributed by atoms with Crippen molar-refractivity contribution in [1.29, 1.82) is 0 Å². The molecule has 4 nitrogen and oxygen atoms in total. The summed E-state index contributed by atoms with van der Waals surface area (Å²) in [5.74, 6) is -0.122. The van der Waals surface area contributed by atoms with Gasteiger partial charge in [-0.25, -0.2) is 0 Å². The second-order valence-electron chi connectivity index (χ2n) is 5.57. The SMILES string of the molecule is Cc1cc(C(=O)CCC(=O)NCC(N)c2ccccc2)c(C)s1.Cl. The van der Waals surface area contributed by atoms with Crippen molar-refractivity contribution in [2.75, 3.05) is 6.54 Å². The lowest BCUT2D eigenvalue weighted by molar-refractivity contribution is -0.121. The number of carbonyl (C=O) groups excluding carboxylic acids is 2. The number of hydrogen-bond acceptors (Lipinski definition) is 4. The van der Waals surface area contributed by atoms with Gasteiger partial charge in [-0.3, -0.25) is 9.59 Å². The number of ketones is 1. The van der Waals surface area contributed by atoms with Crippen LogP contribution in [0.3, 0.4) is 0 Å². The number of nitrogens with two attached hydrogens (primary N) is 1. The summed E-state index contributed by atoms with van der Waals surface area (Å²) in [6.45, 7) is 4.28. The predicted molar refractivity (Wildman–Crippen MR) is 101 cm³/mol. The second kappa shape index (κ2) is 9.57. The van der Waals surface area contributed by atoms with Crippen LogP contribution >= 0.6 is 23.7 Å². The van der Waals surface area contributed by atoms with Crippen LogP contribution in [0.25, 0.3) is 0 Å². The van der Waals surface area contributed by atoms with Crippen molar-refractivity contribution in [3.63, 3.8) is 0 Å². The summed E-state index contributed by atoms with van der Waals surface area (Å²) in [5, 5.41) is 2.79. The van der Waals surface area contributed by atoms with Crippen LogP contribution in [0.4, 0.5) is 0 Å². The molecule has 2 aromatic rings. The normalized spacial score (nSPS) is 11.5. The van der Waals surface area contributed by atoms with E-state index in [1.165, 1.54) is 0 Å². The minimum Gasteiger partial charge on any atom is -0.354 e. The zero-order chi connectivity index (χ0) is 16.8. The van der Waals surface area contributed by atoms with Crippen molar-refractivity contribution in [1.82, 2.24) is 5.32 Å². The number of rotatable bonds is 7. The highest BCUT2D eigenvalue weighted by Crippen LogP contribution is 2.22. The molecule has 1 unspecified atom stereocenters. The summed E-state index contributed by atoms with van der Waals surface area (Å²) in [7, 11) is 0. The molecule has 3 N–H and O–H groups in total. The number of Topliss-reactive ketones (excluding diaryl/α,β-unsaturated/α-hetero) is 1. The maximum atomic E-state index is 12.1. The summed E-state index contributed by atoms with van der Waals surface area (Å²) in [4.78, 5) is 26.2. The van der Waals surface area contributed by atoms with Crippen LogP contribution in [0.5, 0.6) is 0 Å². The standard InChI is InChI=1S/C18H22N2O2S.ClH/c1-12-10-15(13(2)23-12)17(21)8-9-18(22)20-11-16(19)14-6-4-3-5-7-14;/h3-7,10,16H,8-9,11,19H2,1-2H3,(H,20,22);1H. The first-order valence-corrected chi connectivity index (χ1v) is 8.46. The van der Waals surface area contributed by atoms with Gasteiger partial charge in [-0.1, -0.05) is 30.3 Å². The fraction of sp³-hybridized carbons (Fsp3) is 0.333. The summed E-state index contributed by atoms with van der Waals surface area (Å²) < 4.78 is 0. The van der Waals surface area contributed by atoms with Gasteiger partial charge in [-0.15, -0.1) is 23.7 Å². The lowest BCUT2D eigenvalue weighted by atomic mass is 10.1. The average Bonchev–Trinajstić information content (AvgIpc) is 2.89. The molecule has 0 aliphatic rings. The molecule has 0 spiro atoms. The Morgan fingerprint density at radius 2 is 1.83 bits per heavy atom. The molecule has 2 rings (SSSR count). The Kier molecular flexibility index (Phi) is 8.11. The van der Waals surface area contributed by atoms with E-state index in [4.69, 9.17) is 5.73 Å². The third-order valence-corrected chi connectivity index (χ3v) is 4.63. The maximum Gasteiger partial charge on any atom is 0.220 e. The van der Waals surface area contributed by atoms with Crippen molar-refractivity contribution in [2.24, 2.45) is 5.73 Å². The monoisotopic (exact) mass is 366 g/mol. The van der Waals surface area contributed by atoms with Gasteiger partial charge in [0.05, 0.1) is 0 Å². The highest BCUT2D eigenvalue weighted by molar-refractivity contribution is 7.12. The number of benzene rings is 1. The van der Waals surface area contributed by atoms with E-state index in [1.54, 1.807) is 11.3 Å². The van der Waals surface area contributed by atoms with E-state index in [0.29, 0.717) is 6.54 Å². The van der Waals surface area contributed by atoms with E-state index < -0.39 is 0 Å². The van der Waals surface area contributed by atoms with Gasteiger partial charge in [0, 0.05) is 40.7 Å². The number of carbonyl (C=O) groups is 2. The molecule has 0 bridgehead atoms. The summed E-state index contributed by atoms with van der Waals surface area (Å²) in [5.41, 5.74) is 7.75. The summed E-state index contributed by atoms with van der Waals surface area (Å²) in [6, 6.07) is 11.3. The van der Waals surface area contributed by atoms with Crippen LogP contribution in [-0.4, -0.2) is 18.2 Å². The van der Waals surface area contributed by atoms with Crippen LogP contribution in [0, 0.1) is 13.8 Å². The van der Waals surface area contributed by atoms with Crippen molar-refractivity contribution in [2.45, 2.75) is 32.7 Å². The molecule has 24 heavy (non-hydrogen) atoms. The molecule has 0 fully saturated rings. The molecule has 130 valence electrons. The van der Waals surface area contributed by atoms with Gasteiger partial charge < -0.3 is 11.1 Å². The first-order valence-electron chi connectivity index (χ1n) is 7.65. The molecular weight excluding hydrogens is 344 g/mol. The van der Waals surface area contributed by atoms with Crippen LogP contribution in [0.2, 0.25) is 0 Å². The number of hydrogen-bond donors (Lipinski definition) is 2. The minimum absolute atomic E-state index is 0. The molecule has 0 saturated carbocycles. The van der Waals surface area contributed by atoms with Crippen LogP contribution in [0.1, 0.15) is 44.6 Å². The highest BCUT2D eigenvalue weighted by Gasteiger charge is 2.14. The quantitative estimate of drug-likeness (QED) is 0.736. The molecule has 0 aliphatic heterocycles. The number of nitrogens with one attached hydrogen (secondary N) is 1. The molecule has 0 radical (unpaired) electrons. The molecule has 1 amide bonds. The van der Waals surface area contributed by atoms with Crippen molar-refractivity contribution >= 4 is 35.4 Å². The van der Waals surface area contributed by atoms with Crippen molar-refractivity contribution in [3.05, 3.63) is 57.3 Å². The molecular formula is C18H23ClN2O2S.